The Labute approximate surface area is 160 Å². The highest BCUT2D eigenvalue weighted by atomic mass is 16.2. The van der Waals surface area contributed by atoms with Crippen LogP contribution in [0.25, 0.3) is 0 Å². The Morgan fingerprint density at radius 3 is 2.78 bits per heavy atom. The van der Waals surface area contributed by atoms with E-state index in [0.717, 1.165) is 32.6 Å². The van der Waals surface area contributed by atoms with E-state index >= 15 is 0 Å². The lowest BCUT2D eigenvalue weighted by atomic mass is 10.1. The fourth-order valence-corrected chi connectivity index (χ4v) is 3.27. The number of piperazine rings is 1. The number of rotatable bonds is 5. The van der Waals surface area contributed by atoms with Gasteiger partial charge in [-0.3, -0.25) is 14.6 Å². The molecule has 140 valence electrons. The first-order valence-electron chi connectivity index (χ1n) is 9.35. The monoisotopic (exact) mass is 363 g/mol. The van der Waals surface area contributed by atoms with Crippen molar-refractivity contribution in [3.8, 4) is 6.07 Å². The Morgan fingerprint density at radius 1 is 1.33 bits per heavy atom. The second kappa shape index (κ2) is 9.26. The lowest BCUT2D eigenvalue weighted by Crippen LogP contribution is -2.51. The second-order valence-corrected chi connectivity index (χ2v) is 6.74. The quantitative estimate of drug-likeness (QED) is 0.870. The van der Waals surface area contributed by atoms with Crippen LogP contribution in [0.4, 0.5) is 0 Å². The molecule has 0 radical (unpaired) electrons. The molecule has 1 N–H and O–H groups in total. The Bertz CT molecular complexity index is 782. The Morgan fingerprint density at radius 2 is 2.07 bits per heavy atom. The Hall–Kier alpha value is -2.75. The van der Waals surface area contributed by atoms with Crippen molar-refractivity contribution >= 4 is 12.1 Å². The van der Waals surface area contributed by atoms with Crippen molar-refractivity contribution in [3.05, 3.63) is 59.4 Å². The molecular weight excluding hydrogens is 338 g/mol. The van der Waals surface area contributed by atoms with Crippen LogP contribution in [0.5, 0.6) is 0 Å². The number of nitrogens with zero attached hydrogens (tertiary/aromatic N) is 4. The zero-order valence-electron chi connectivity index (χ0n) is 15.6. The summed E-state index contributed by atoms with van der Waals surface area (Å²) in [5, 5.41) is 12.3. The summed E-state index contributed by atoms with van der Waals surface area (Å²) in [7, 11) is 0. The number of carbonyl (C=O) groups excluding carboxylic acids is 1. The third-order valence-corrected chi connectivity index (χ3v) is 4.85. The van der Waals surface area contributed by atoms with Crippen molar-refractivity contribution in [1.29, 1.82) is 5.26 Å². The molecule has 6 nitrogen and oxygen atoms in total. The number of nitrogens with one attached hydrogen (secondary N) is 1. The van der Waals surface area contributed by atoms with E-state index in [4.69, 9.17) is 5.26 Å². The summed E-state index contributed by atoms with van der Waals surface area (Å²) in [6, 6.07) is 9.08. The zero-order chi connectivity index (χ0) is 19.1. The molecule has 27 heavy (non-hydrogen) atoms. The van der Waals surface area contributed by atoms with E-state index in [9.17, 15) is 4.79 Å². The van der Waals surface area contributed by atoms with Gasteiger partial charge in [-0.1, -0.05) is 12.2 Å². The normalized spacial score (nSPS) is 18.3. The van der Waals surface area contributed by atoms with E-state index in [1.54, 1.807) is 29.2 Å². The number of allylic oxidation sites excluding steroid dienone is 3. The minimum absolute atomic E-state index is 0.0971. The number of carbonyl (C=O) groups is 1. The zero-order valence-corrected chi connectivity index (χ0v) is 15.6. The molecule has 0 bridgehead atoms. The highest BCUT2D eigenvalue weighted by Crippen LogP contribution is 2.17. The molecule has 1 saturated heterocycles. The van der Waals surface area contributed by atoms with Gasteiger partial charge in [0.2, 0.25) is 0 Å². The number of benzene rings is 1. The van der Waals surface area contributed by atoms with Gasteiger partial charge in [0.25, 0.3) is 5.91 Å². The van der Waals surface area contributed by atoms with Gasteiger partial charge in [-0.05, 0) is 37.3 Å². The summed E-state index contributed by atoms with van der Waals surface area (Å²) >= 11 is 0. The predicted molar refractivity (Wildman–Crippen MR) is 106 cm³/mol. The third-order valence-electron chi connectivity index (χ3n) is 4.85. The molecule has 1 amide bonds. The van der Waals surface area contributed by atoms with Crippen molar-refractivity contribution in [2.75, 3.05) is 32.7 Å². The highest BCUT2D eigenvalue weighted by Gasteiger charge is 2.25. The van der Waals surface area contributed by atoms with E-state index in [2.05, 4.69) is 28.2 Å². The maximum absolute atomic E-state index is 13.2. The van der Waals surface area contributed by atoms with E-state index in [1.807, 2.05) is 24.4 Å². The van der Waals surface area contributed by atoms with Gasteiger partial charge in [-0.15, -0.1) is 0 Å². The third kappa shape index (κ3) is 4.91. The van der Waals surface area contributed by atoms with Gasteiger partial charge in [-0.2, -0.15) is 5.26 Å². The number of hydrogen-bond donors (Lipinski definition) is 1. The molecule has 0 aliphatic carbocycles. The standard InChI is InChI=1S/C21H25N5O/c1-17(25-13-11-23-12-14-25)16-26(20-5-3-2-4-10-24-20)21(27)19-8-6-18(15-22)7-9-19/h2-3,5-10,17,23H,4,11-14,16H2,1H3/t17-/m1/s1. The smallest absolute Gasteiger partial charge is 0.259 e. The van der Waals surface area contributed by atoms with Crippen LogP contribution in [-0.4, -0.2) is 60.7 Å². The molecule has 1 aromatic rings. The number of nitriles is 1. The fourth-order valence-electron chi connectivity index (χ4n) is 3.27. The van der Waals surface area contributed by atoms with Crippen LogP contribution in [0.3, 0.4) is 0 Å². The van der Waals surface area contributed by atoms with Gasteiger partial charge < -0.3 is 5.32 Å². The first-order valence-corrected chi connectivity index (χ1v) is 9.35. The summed E-state index contributed by atoms with van der Waals surface area (Å²) in [5.74, 6) is 0.556. The van der Waals surface area contributed by atoms with E-state index < -0.39 is 0 Å². The van der Waals surface area contributed by atoms with Crippen molar-refractivity contribution in [2.45, 2.75) is 19.4 Å². The molecule has 1 fully saturated rings. The van der Waals surface area contributed by atoms with Gasteiger partial charge in [0, 0.05) is 57.0 Å². The summed E-state index contributed by atoms with van der Waals surface area (Å²) in [6.45, 7) is 6.61. The van der Waals surface area contributed by atoms with Gasteiger partial charge >= 0.3 is 0 Å². The van der Waals surface area contributed by atoms with Gasteiger partial charge in [0.05, 0.1) is 11.6 Å². The maximum Gasteiger partial charge on any atom is 0.259 e. The molecule has 0 spiro atoms. The van der Waals surface area contributed by atoms with Gasteiger partial charge in [0.1, 0.15) is 5.82 Å². The van der Waals surface area contributed by atoms with E-state index in [0.29, 0.717) is 23.5 Å². The lowest BCUT2D eigenvalue weighted by molar-refractivity contribution is 0.0741. The number of amides is 1. The Kier molecular flexibility index (Phi) is 6.53. The van der Waals surface area contributed by atoms with Crippen molar-refractivity contribution in [1.82, 2.24) is 15.1 Å². The molecule has 3 rings (SSSR count). The molecule has 0 saturated carbocycles. The molecule has 0 aromatic heterocycles. The number of aliphatic imine (C=N–C) groups is 1. The molecular formula is C21H25N5O. The van der Waals surface area contributed by atoms with Crippen LogP contribution in [0.2, 0.25) is 0 Å². The summed E-state index contributed by atoms with van der Waals surface area (Å²) in [4.78, 5) is 21.9. The number of hydrogen-bond acceptors (Lipinski definition) is 5. The molecule has 1 atom stereocenters. The van der Waals surface area contributed by atoms with Crippen molar-refractivity contribution < 1.29 is 4.79 Å². The van der Waals surface area contributed by atoms with Gasteiger partial charge in [-0.25, -0.2) is 4.99 Å². The average molecular weight is 363 g/mol. The van der Waals surface area contributed by atoms with Crippen molar-refractivity contribution in [3.63, 3.8) is 0 Å². The first kappa shape index (κ1) is 19.0. The van der Waals surface area contributed by atoms with Crippen LogP contribution in [0.15, 0.2) is 53.3 Å². The van der Waals surface area contributed by atoms with Crippen LogP contribution >= 0.6 is 0 Å². The van der Waals surface area contributed by atoms with E-state index in [1.165, 1.54) is 0 Å². The highest BCUT2D eigenvalue weighted by molar-refractivity contribution is 5.95. The van der Waals surface area contributed by atoms with Crippen LogP contribution in [0.1, 0.15) is 29.3 Å². The van der Waals surface area contributed by atoms with Gasteiger partial charge in [0.15, 0.2) is 0 Å². The minimum atomic E-state index is -0.0971. The van der Waals surface area contributed by atoms with Crippen LogP contribution in [-0.2, 0) is 0 Å². The molecule has 2 aliphatic rings. The topological polar surface area (TPSA) is 71.7 Å². The largest absolute Gasteiger partial charge is 0.314 e. The predicted octanol–water partition coefficient (Wildman–Crippen LogP) is 2.17. The fraction of sp³-hybridized carbons (Fsp3) is 0.381. The second-order valence-electron chi connectivity index (χ2n) is 6.74. The lowest BCUT2D eigenvalue weighted by Gasteiger charge is -2.36. The van der Waals surface area contributed by atoms with Crippen molar-refractivity contribution in [2.24, 2.45) is 4.99 Å². The van der Waals surface area contributed by atoms with Crippen LogP contribution in [0, 0.1) is 11.3 Å². The van der Waals surface area contributed by atoms with Crippen LogP contribution < -0.4 is 5.32 Å². The average Bonchev–Trinajstić information content (AvgIpc) is 3.01. The molecule has 2 aliphatic heterocycles. The molecule has 0 unspecified atom stereocenters. The molecule has 1 aromatic carbocycles. The summed E-state index contributed by atoms with van der Waals surface area (Å²) in [6.07, 6.45) is 8.42. The maximum atomic E-state index is 13.2. The summed E-state index contributed by atoms with van der Waals surface area (Å²) in [5.41, 5.74) is 1.10. The minimum Gasteiger partial charge on any atom is -0.314 e. The molecule has 6 heteroatoms. The molecule has 2 heterocycles. The SMILES string of the molecule is C[C@H](CN(C(=O)c1ccc(C#N)cc1)C1=CC=CCC=N1)N1CCNCC1. The Balaban J connectivity index is 1.84. The van der Waals surface area contributed by atoms with E-state index in [-0.39, 0.29) is 11.9 Å². The summed E-state index contributed by atoms with van der Waals surface area (Å²) < 4.78 is 0. The first-order chi connectivity index (χ1) is 13.2.